The second-order valence-electron chi connectivity index (χ2n) is 8.12. The number of anilines is 3. The Morgan fingerprint density at radius 1 is 1.26 bits per heavy atom. The fraction of sp³-hybridized carbons (Fsp3) is 0.435. The molecule has 1 atom stereocenters. The smallest absolute Gasteiger partial charge is 0.249 e. The molecule has 4 rings (SSSR count). The van der Waals surface area contributed by atoms with Gasteiger partial charge in [-0.25, -0.2) is 4.98 Å². The summed E-state index contributed by atoms with van der Waals surface area (Å²) in [5, 5.41) is 3.37. The number of nitrogens with one attached hydrogen (secondary N) is 1. The second kappa shape index (κ2) is 8.93. The summed E-state index contributed by atoms with van der Waals surface area (Å²) in [7, 11) is 1.81. The fourth-order valence-electron chi connectivity index (χ4n) is 4.42. The number of benzene rings is 1. The zero-order chi connectivity index (χ0) is 22.0. The van der Waals surface area contributed by atoms with Gasteiger partial charge in [-0.1, -0.05) is 12.1 Å². The number of carbonyl (C=O) groups excluding carboxylic acids is 2. The van der Waals surface area contributed by atoms with Crippen LogP contribution < -0.4 is 20.9 Å². The Labute approximate surface area is 182 Å². The van der Waals surface area contributed by atoms with Crippen molar-refractivity contribution in [3.8, 4) is 0 Å². The van der Waals surface area contributed by atoms with Crippen LogP contribution in [0.2, 0.25) is 0 Å². The van der Waals surface area contributed by atoms with E-state index in [1.54, 1.807) is 24.2 Å². The van der Waals surface area contributed by atoms with Gasteiger partial charge in [0.05, 0.1) is 17.6 Å². The molecule has 0 spiro atoms. The van der Waals surface area contributed by atoms with Crippen LogP contribution in [0.3, 0.4) is 0 Å². The van der Waals surface area contributed by atoms with Crippen molar-refractivity contribution < 1.29 is 14.3 Å². The molecule has 0 aliphatic carbocycles. The highest BCUT2D eigenvalue weighted by Crippen LogP contribution is 2.39. The lowest BCUT2D eigenvalue weighted by Crippen LogP contribution is -2.55. The maximum Gasteiger partial charge on any atom is 0.249 e. The number of aromatic nitrogens is 1. The van der Waals surface area contributed by atoms with Crippen molar-refractivity contribution in [3.63, 3.8) is 0 Å². The van der Waals surface area contributed by atoms with E-state index in [-0.39, 0.29) is 18.0 Å². The summed E-state index contributed by atoms with van der Waals surface area (Å²) in [6.07, 6.45) is 4.31. The standard InChI is InChI=1S/C23H29N5O3/c1-15-23(30)27(2)20-14-26-21(13-19(20)28(15)18-7-10-31-11-8-18)25-9-6-16-4-3-5-17(12-16)22(24)29/h3-5,12-15,18H,6-11H2,1-2H3,(H2,24,29)(H,25,26). The first-order valence-corrected chi connectivity index (χ1v) is 10.7. The van der Waals surface area contributed by atoms with E-state index in [4.69, 9.17) is 10.5 Å². The van der Waals surface area contributed by atoms with Crippen LogP contribution in [-0.4, -0.2) is 55.7 Å². The Bertz CT molecular complexity index is 973. The number of pyridine rings is 1. The van der Waals surface area contributed by atoms with Gasteiger partial charge in [-0.3, -0.25) is 9.59 Å². The zero-order valence-corrected chi connectivity index (χ0v) is 18.0. The lowest BCUT2D eigenvalue weighted by atomic mass is 10.00. The Kier molecular flexibility index (Phi) is 6.08. The van der Waals surface area contributed by atoms with Crippen LogP contribution in [0.5, 0.6) is 0 Å². The largest absolute Gasteiger partial charge is 0.381 e. The third-order valence-corrected chi connectivity index (χ3v) is 6.12. The lowest BCUT2D eigenvalue weighted by molar-refractivity contribution is -0.119. The summed E-state index contributed by atoms with van der Waals surface area (Å²) in [6, 6.07) is 9.42. The van der Waals surface area contributed by atoms with Crippen molar-refractivity contribution in [3.05, 3.63) is 47.7 Å². The van der Waals surface area contributed by atoms with E-state index >= 15 is 0 Å². The minimum Gasteiger partial charge on any atom is -0.381 e. The maximum atomic E-state index is 12.8. The molecule has 1 saturated heterocycles. The molecule has 0 radical (unpaired) electrons. The number of carbonyl (C=O) groups is 2. The number of amides is 2. The minimum absolute atomic E-state index is 0.0795. The number of primary amides is 1. The van der Waals surface area contributed by atoms with Crippen LogP contribution in [0.1, 0.15) is 35.7 Å². The third-order valence-electron chi connectivity index (χ3n) is 6.12. The van der Waals surface area contributed by atoms with Crippen LogP contribution in [0.15, 0.2) is 36.5 Å². The highest BCUT2D eigenvalue weighted by atomic mass is 16.5. The molecule has 3 N–H and O–H groups in total. The molecule has 2 amide bonds. The Morgan fingerprint density at radius 3 is 2.77 bits per heavy atom. The molecule has 1 fully saturated rings. The molecule has 8 nitrogen and oxygen atoms in total. The first kappa shape index (κ1) is 21.1. The number of rotatable bonds is 6. The number of hydrogen-bond acceptors (Lipinski definition) is 6. The van der Waals surface area contributed by atoms with Crippen molar-refractivity contribution in [2.75, 3.05) is 41.9 Å². The van der Waals surface area contributed by atoms with E-state index < -0.39 is 5.91 Å². The highest BCUT2D eigenvalue weighted by Gasteiger charge is 2.38. The zero-order valence-electron chi connectivity index (χ0n) is 18.0. The molecule has 0 bridgehead atoms. The molecule has 1 aromatic heterocycles. The van der Waals surface area contributed by atoms with E-state index in [0.29, 0.717) is 25.3 Å². The van der Waals surface area contributed by atoms with Crippen molar-refractivity contribution in [1.29, 1.82) is 0 Å². The molecule has 8 heteroatoms. The van der Waals surface area contributed by atoms with E-state index in [9.17, 15) is 9.59 Å². The Balaban J connectivity index is 1.52. The van der Waals surface area contributed by atoms with Gasteiger partial charge in [-0.2, -0.15) is 0 Å². The van der Waals surface area contributed by atoms with Crippen LogP contribution in [0, 0.1) is 0 Å². The van der Waals surface area contributed by atoms with Crippen molar-refractivity contribution in [1.82, 2.24) is 4.98 Å². The monoisotopic (exact) mass is 423 g/mol. The number of nitrogens with two attached hydrogens (primary N) is 1. The SMILES string of the molecule is CC1C(=O)N(C)c2cnc(NCCc3cccc(C(N)=O)c3)cc2N1C1CCOCC1. The van der Waals surface area contributed by atoms with Gasteiger partial charge in [-0.05, 0) is 43.9 Å². The Morgan fingerprint density at radius 2 is 2.03 bits per heavy atom. The van der Waals surface area contributed by atoms with Crippen molar-refractivity contribution >= 4 is 29.0 Å². The van der Waals surface area contributed by atoms with E-state index in [1.807, 2.05) is 31.2 Å². The molecular weight excluding hydrogens is 394 g/mol. The second-order valence-corrected chi connectivity index (χ2v) is 8.12. The molecule has 2 aliphatic rings. The van der Waals surface area contributed by atoms with Crippen LogP contribution in [-0.2, 0) is 16.0 Å². The quantitative estimate of drug-likeness (QED) is 0.739. The summed E-state index contributed by atoms with van der Waals surface area (Å²) in [5.41, 5.74) is 8.76. The number of likely N-dealkylation sites (N-methyl/N-ethyl adjacent to an activating group) is 1. The van der Waals surface area contributed by atoms with Gasteiger partial charge in [0, 0.05) is 44.5 Å². The fourth-order valence-corrected chi connectivity index (χ4v) is 4.42. The summed E-state index contributed by atoms with van der Waals surface area (Å²) < 4.78 is 5.53. The summed E-state index contributed by atoms with van der Waals surface area (Å²) >= 11 is 0. The van der Waals surface area contributed by atoms with Crippen LogP contribution >= 0.6 is 0 Å². The lowest BCUT2D eigenvalue weighted by Gasteiger charge is -2.45. The predicted octanol–water partition coefficient (Wildman–Crippen LogP) is 2.19. The average molecular weight is 424 g/mol. The normalized spacial score (nSPS) is 19.3. The maximum absolute atomic E-state index is 12.8. The molecule has 2 aliphatic heterocycles. The number of ether oxygens (including phenoxy) is 1. The van der Waals surface area contributed by atoms with Gasteiger partial charge in [0.2, 0.25) is 11.8 Å². The molecule has 1 aromatic carbocycles. The number of hydrogen-bond donors (Lipinski definition) is 2. The van der Waals surface area contributed by atoms with Crippen molar-refractivity contribution in [2.24, 2.45) is 5.73 Å². The minimum atomic E-state index is -0.424. The summed E-state index contributed by atoms with van der Waals surface area (Å²) in [6.45, 7) is 4.06. The van der Waals surface area contributed by atoms with Crippen LogP contribution in [0.4, 0.5) is 17.2 Å². The molecule has 3 heterocycles. The van der Waals surface area contributed by atoms with E-state index in [0.717, 1.165) is 42.0 Å². The van der Waals surface area contributed by atoms with Gasteiger partial charge in [0.15, 0.2) is 0 Å². The van der Waals surface area contributed by atoms with Crippen LogP contribution in [0.25, 0.3) is 0 Å². The summed E-state index contributed by atoms with van der Waals surface area (Å²) in [4.78, 5) is 32.6. The van der Waals surface area contributed by atoms with Gasteiger partial charge < -0.3 is 25.6 Å². The molecule has 1 unspecified atom stereocenters. The van der Waals surface area contributed by atoms with Gasteiger partial charge in [-0.15, -0.1) is 0 Å². The third kappa shape index (κ3) is 4.34. The number of fused-ring (bicyclic) bond motifs is 1. The van der Waals surface area contributed by atoms with Gasteiger partial charge >= 0.3 is 0 Å². The van der Waals surface area contributed by atoms with E-state index in [1.165, 1.54) is 0 Å². The summed E-state index contributed by atoms with van der Waals surface area (Å²) in [5.74, 6) is 0.416. The molecule has 164 valence electrons. The Hall–Kier alpha value is -3.13. The first-order chi connectivity index (χ1) is 15.0. The number of nitrogens with zero attached hydrogens (tertiary/aromatic N) is 3. The topological polar surface area (TPSA) is 101 Å². The van der Waals surface area contributed by atoms with E-state index in [2.05, 4.69) is 15.2 Å². The predicted molar refractivity (Wildman–Crippen MR) is 121 cm³/mol. The molecule has 2 aromatic rings. The van der Waals surface area contributed by atoms with Crippen molar-refractivity contribution in [2.45, 2.75) is 38.3 Å². The van der Waals surface area contributed by atoms with Gasteiger partial charge in [0.25, 0.3) is 0 Å². The first-order valence-electron chi connectivity index (χ1n) is 10.7. The average Bonchev–Trinajstić information content (AvgIpc) is 2.78. The van der Waals surface area contributed by atoms with Gasteiger partial charge in [0.1, 0.15) is 11.9 Å². The molecule has 31 heavy (non-hydrogen) atoms. The highest BCUT2D eigenvalue weighted by molar-refractivity contribution is 6.05. The molecular formula is C23H29N5O3. The molecule has 0 saturated carbocycles.